The highest BCUT2D eigenvalue weighted by Gasteiger charge is 2.38. The number of aromatic nitrogens is 5. The number of hydrogen-bond acceptors (Lipinski definition) is 3. The predicted octanol–water partition coefficient (Wildman–Crippen LogP) is 17.7. The van der Waals surface area contributed by atoms with Crippen LogP contribution in [0.15, 0.2) is 231 Å². The van der Waals surface area contributed by atoms with E-state index in [2.05, 4.69) is 226 Å². The van der Waals surface area contributed by atoms with Crippen molar-refractivity contribution in [2.75, 3.05) is 0 Å². The van der Waals surface area contributed by atoms with Crippen LogP contribution >= 0.6 is 0 Å². The molecule has 5 nitrogen and oxygen atoms in total. The molecule has 2 aliphatic carbocycles. The zero-order valence-electron chi connectivity index (χ0n) is 42.7. The van der Waals surface area contributed by atoms with E-state index >= 15 is 0 Å². The van der Waals surface area contributed by atoms with Crippen LogP contribution in [-0.4, -0.2) is 24.1 Å². The molecule has 0 N–H and O–H groups in total. The standard InChI is InChI=1S/C70H53N5/c1-7-50-52-34-33-49(40-60(52)70(5,6)59(50)37-43(2)66-71-67(44-21-11-8-12-22-44)73-68(72-66)45-23-13-9-14-24-45)75-64-36-32-47(39-56(64)57-41-54-51-27-17-19-29-58(51)69(3,4)61(54)42-65(57)75)46-31-35-63-55(38-46)53-28-18-20-30-62(53)74(63)48-25-15-10-16-26-48/h7-42H,1H2,2-6H3/b43-37+. The highest BCUT2D eigenvalue weighted by atomic mass is 15.0. The van der Waals surface area contributed by atoms with E-state index in [0.717, 1.165) is 33.6 Å². The summed E-state index contributed by atoms with van der Waals surface area (Å²) in [4.78, 5) is 15.2. The minimum absolute atomic E-state index is 0.162. The van der Waals surface area contributed by atoms with E-state index < -0.39 is 0 Å². The summed E-state index contributed by atoms with van der Waals surface area (Å²) in [7, 11) is 0. The fraction of sp³-hybridized carbons (Fsp3) is 0.100. The van der Waals surface area contributed by atoms with Gasteiger partial charge in [0.15, 0.2) is 17.5 Å². The summed E-state index contributed by atoms with van der Waals surface area (Å²) in [5.74, 6) is 1.94. The van der Waals surface area contributed by atoms with Crippen LogP contribution in [0.5, 0.6) is 0 Å². The molecule has 2 aliphatic rings. The van der Waals surface area contributed by atoms with Crippen molar-refractivity contribution in [3.8, 4) is 56.4 Å². The number of allylic oxidation sites excluding steroid dienone is 5. The first-order chi connectivity index (χ1) is 36.6. The van der Waals surface area contributed by atoms with Crippen LogP contribution in [-0.2, 0) is 10.8 Å². The average Bonchev–Trinajstić information content (AvgIpc) is 4.20. The van der Waals surface area contributed by atoms with Gasteiger partial charge in [0.25, 0.3) is 0 Å². The van der Waals surface area contributed by atoms with Gasteiger partial charge in [-0.15, -0.1) is 0 Å². The summed E-state index contributed by atoms with van der Waals surface area (Å²) in [5.41, 5.74) is 21.8. The van der Waals surface area contributed by atoms with E-state index in [1.165, 1.54) is 93.7 Å². The molecule has 3 aromatic heterocycles. The van der Waals surface area contributed by atoms with Gasteiger partial charge in [0.2, 0.25) is 0 Å². The maximum Gasteiger partial charge on any atom is 0.164 e. The molecule has 0 saturated carbocycles. The Morgan fingerprint density at radius 2 is 0.960 bits per heavy atom. The number of benzene rings is 9. The lowest BCUT2D eigenvalue weighted by Gasteiger charge is -2.24. The molecule has 14 rings (SSSR count). The highest BCUT2D eigenvalue weighted by Crippen LogP contribution is 2.53. The summed E-state index contributed by atoms with van der Waals surface area (Å²) in [6.07, 6.45) is 4.30. The Kier molecular flexibility index (Phi) is 9.89. The van der Waals surface area contributed by atoms with Crippen molar-refractivity contribution in [2.24, 2.45) is 0 Å². The van der Waals surface area contributed by atoms with Gasteiger partial charge in [0, 0.05) is 54.9 Å². The van der Waals surface area contributed by atoms with E-state index in [9.17, 15) is 0 Å². The molecule has 75 heavy (non-hydrogen) atoms. The molecule has 0 saturated heterocycles. The van der Waals surface area contributed by atoms with Crippen LogP contribution in [0.1, 0.15) is 62.7 Å². The topological polar surface area (TPSA) is 48.5 Å². The SMILES string of the molecule is C=CC1=C(/C=C(\C)c2nc(-c3ccccc3)nc(-c3ccccc3)n2)C(C)(C)c2cc(-n3c4ccc(-c5ccc6c(c5)c5ccccc5n6-c5ccccc5)cc4c4cc5c(cc43)C(C)(C)c3ccccc3-5)ccc21. The zero-order valence-corrected chi connectivity index (χ0v) is 42.7. The predicted molar refractivity (Wildman–Crippen MR) is 313 cm³/mol. The molecule has 12 aromatic rings. The van der Waals surface area contributed by atoms with Gasteiger partial charge in [-0.2, -0.15) is 0 Å². The summed E-state index contributed by atoms with van der Waals surface area (Å²) >= 11 is 0. The van der Waals surface area contributed by atoms with Gasteiger partial charge in [0.1, 0.15) is 0 Å². The number of hydrogen-bond donors (Lipinski definition) is 0. The lowest BCUT2D eigenvalue weighted by molar-refractivity contribution is 0.654. The Morgan fingerprint density at radius 1 is 0.413 bits per heavy atom. The second kappa shape index (κ2) is 16.7. The molecule has 9 aromatic carbocycles. The average molecular weight is 964 g/mol. The molecular formula is C70H53N5. The largest absolute Gasteiger partial charge is 0.309 e. The van der Waals surface area contributed by atoms with Gasteiger partial charge in [0.05, 0.1) is 22.1 Å². The Bertz CT molecular complexity index is 4350. The molecular weight excluding hydrogens is 911 g/mol. The van der Waals surface area contributed by atoms with E-state index in [1.807, 2.05) is 42.5 Å². The Morgan fingerprint density at radius 3 is 1.63 bits per heavy atom. The van der Waals surface area contributed by atoms with Crippen LogP contribution < -0.4 is 0 Å². The molecule has 0 radical (unpaired) electrons. The molecule has 358 valence electrons. The van der Waals surface area contributed by atoms with Crippen molar-refractivity contribution in [3.63, 3.8) is 0 Å². The van der Waals surface area contributed by atoms with Gasteiger partial charge in [-0.05, 0) is 135 Å². The molecule has 0 fully saturated rings. The molecule has 0 amide bonds. The molecule has 0 atom stereocenters. The lowest BCUT2D eigenvalue weighted by Crippen LogP contribution is -2.17. The smallest absolute Gasteiger partial charge is 0.164 e. The second-order valence-electron chi connectivity index (χ2n) is 21.3. The number of nitrogens with zero attached hydrogens (tertiary/aromatic N) is 5. The van der Waals surface area contributed by atoms with Crippen molar-refractivity contribution in [3.05, 3.63) is 259 Å². The lowest BCUT2D eigenvalue weighted by atomic mass is 9.80. The van der Waals surface area contributed by atoms with E-state index in [4.69, 9.17) is 15.0 Å². The Balaban J connectivity index is 0.920. The first-order valence-electron chi connectivity index (χ1n) is 26.0. The van der Waals surface area contributed by atoms with Crippen LogP contribution in [0.25, 0.3) is 111 Å². The van der Waals surface area contributed by atoms with Gasteiger partial charge >= 0.3 is 0 Å². The fourth-order valence-electron chi connectivity index (χ4n) is 12.5. The maximum absolute atomic E-state index is 5.09. The van der Waals surface area contributed by atoms with Crippen LogP contribution in [0, 0.1) is 0 Å². The molecule has 5 heteroatoms. The van der Waals surface area contributed by atoms with Gasteiger partial charge in [-0.25, -0.2) is 15.0 Å². The van der Waals surface area contributed by atoms with Crippen LogP contribution in [0.2, 0.25) is 0 Å². The summed E-state index contributed by atoms with van der Waals surface area (Å²) in [5, 5.41) is 4.96. The molecule has 3 heterocycles. The van der Waals surface area contributed by atoms with Gasteiger partial charge in [-0.1, -0.05) is 186 Å². The van der Waals surface area contributed by atoms with Crippen LogP contribution in [0.4, 0.5) is 0 Å². The summed E-state index contributed by atoms with van der Waals surface area (Å²) in [6.45, 7) is 15.9. The third-order valence-corrected chi connectivity index (χ3v) is 16.3. The minimum atomic E-state index is -0.382. The molecule has 0 unspecified atom stereocenters. The van der Waals surface area contributed by atoms with Crippen molar-refractivity contribution in [1.29, 1.82) is 0 Å². The van der Waals surface area contributed by atoms with Crippen molar-refractivity contribution < 1.29 is 0 Å². The number of rotatable bonds is 8. The molecule has 0 bridgehead atoms. The molecule has 0 aliphatic heterocycles. The third kappa shape index (κ3) is 6.81. The maximum atomic E-state index is 5.09. The van der Waals surface area contributed by atoms with Crippen LogP contribution in [0.3, 0.4) is 0 Å². The Hall–Kier alpha value is -9.19. The van der Waals surface area contributed by atoms with E-state index in [-0.39, 0.29) is 10.8 Å². The zero-order chi connectivity index (χ0) is 50.7. The molecule has 0 spiro atoms. The number of para-hydroxylation sites is 2. The summed E-state index contributed by atoms with van der Waals surface area (Å²) < 4.78 is 4.89. The highest BCUT2D eigenvalue weighted by molar-refractivity contribution is 6.14. The van der Waals surface area contributed by atoms with E-state index in [0.29, 0.717) is 17.5 Å². The first kappa shape index (κ1) is 44.5. The quantitative estimate of drug-likeness (QED) is 0.152. The normalized spacial score (nSPS) is 14.5. The van der Waals surface area contributed by atoms with Crippen molar-refractivity contribution in [2.45, 2.75) is 45.4 Å². The van der Waals surface area contributed by atoms with E-state index in [1.54, 1.807) is 0 Å². The third-order valence-electron chi connectivity index (χ3n) is 16.3. The monoisotopic (exact) mass is 963 g/mol. The number of fused-ring (bicyclic) bond motifs is 10. The first-order valence-corrected chi connectivity index (χ1v) is 26.0. The Labute approximate surface area is 437 Å². The van der Waals surface area contributed by atoms with Gasteiger partial charge in [-0.3, -0.25) is 0 Å². The minimum Gasteiger partial charge on any atom is -0.309 e. The van der Waals surface area contributed by atoms with Gasteiger partial charge < -0.3 is 9.13 Å². The van der Waals surface area contributed by atoms with Crippen molar-refractivity contribution >= 4 is 54.8 Å². The summed E-state index contributed by atoms with van der Waals surface area (Å²) in [6, 6.07) is 74.8. The van der Waals surface area contributed by atoms with Crippen molar-refractivity contribution in [1.82, 2.24) is 24.1 Å². The second-order valence-corrected chi connectivity index (χ2v) is 21.3. The fourth-order valence-corrected chi connectivity index (χ4v) is 12.5.